The zero-order valence-corrected chi connectivity index (χ0v) is 41.9. The second-order valence-electron chi connectivity index (χ2n) is 16.5. The van der Waals surface area contributed by atoms with Gasteiger partial charge in [0.2, 0.25) is 11.8 Å². The van der Waals surface area contributed by atoms with Crippen LogP contribution in [0.2, 0.25) is 0 Å². The predicted molar refractivity (Wildman–Crippen MR) is 256 cm³/mol. The third-order valence-electron chi connectivity index (χ3n) is 9.50. The number of nitrogens with two attached hydrogens (primary N) is 2. The second kappa shape index (κ2) is 42.1. The molecule has 9 N–H and O–H groups in total. The second-order valence-corrected chi connectivity index (χ2v) is 17.8. The Kier molecular flexibility index (Phi) is 38.0. The van der Waals surface area contributed by atoms with E-state index in [2.05, 4.69) is 26.9 Å². The van der Waals surface area contributed by atoms with Crippen LogP contribution in [0.15, 0.2) is 11.9 Å². The standard InChI is InChI=1S/C44H86N8O15S/c1-44(2,3)67-43(55)48-10-14-58-18-22-62-26-30-65-29-25-61-21-17-57-13-9-47-41(54)8-12-56-16-20-60-24-28-64-32-33-66-31-27-63-23-19-59-15-11-52-35-37(50-51-52)34-49-40(53)7-5-4-6-39-42(46)38(45)36-68-39/h35,38-39,42,50-51H,4-34,36,45-46H2,1-3H3,(H,47,54)(H,48,55)(H,49,53)/t38?,39-,42?/m0/s1. The number of alkyl carbamates (subject to hydrolysis) is 1. The summed E-state index contributed by atoms with van der Waals surface area (Å²) in [6.45, 7) is 16.8. The molecule has 0 aromatic carbocycles. The Labute approximate surface area is 408 Å². The van der Waals surface area contributed by atoms with E-state index in [1.54, 1.807) is 0 Å². The Balaban J connectivity index is 1.19. The van der Waals surface area contributed by atoms with Crippen LogP contribution in [0, 0.1) is 0 Å². The van der Waals surface area contributed by atoms with Crippen LogP contribution in [-0.2, 0) is 66.4 Å². The SMILES string of the molecule is CC(C)(C)OC(=O)NCCOCCOCCOCCOCCOCCNC(=O)CCOCCOCCOCCOCCOCCOCCN1C=C(CNC(=O)CCCC[C@@H]2SCC(N)C2N)NN1. The lowest BCUT2D eigenvalue weighted by atomic mass is 10.0. The van der Waals surface area contributed by atoms with E-state index >= 15 is 0 Å². The third kappa shape index (κ3) is 37.2. The van der Waals surface area contributed by atoms with Crippen LogP contribution in [-0.4, -0.2) is 223 Å². The van der Waals surface area contributed by atoms with Gasteiger partial charge in [-0.3, -0.25) is 14.6 Å². The lowest BCUT2D eigenvalue weighted by Crippen LogP contribution is -2.43. The van der Waals surface area contributed by atoms with Crippen molar-refractivity contribution >= 4 is 29.7 Å². The lowest BCUT2D eigenvalue weighted by Gasteiger charge is -2.19. The van der Waals surface area contributed by atoms with E-state index in [9.17, 15) is 14.4 Å². The Morgan fingerprint density at radius 3 is 1.51 bits per heavy atom. The van der Waals surface area contributed by atoms with Gasteiger partial charge in [-0.05, 0) is 33.6 Å². The van der Waals surface area contributed by atoms with Crippen molar-refractivity contribution in [3.8, 4) is 0 Å². The minimum atomic E-state index is -0.526. The molecule has 0 spiro atoms. The fraction of sp³-hybridized carbons (Fsp3) is 0.886. The minimum Gasteiger partial charge on any atom is -0.444 e. The summed E-state index contributed by atoms with van der Waals surface area (Å²) >= 11 is 1.85. The van der Waals surface area contributed by atoms with Gasteiger partial charge in [-0.2, -0.15) is 11.8 Å². The molecule has 2 rings (SSSR count). The molecule has 2 unspecified atom stereocenters. The minimum absolute atomic E-state index is 0.0376. The molecule has 1 saturated heterocycles. The Bertz CT molecular complexity index is 1300. The molecule has 2 heterocycles. The van der Waals surface area contributed by atoms with Crippen molar-refractivity contribution in [1.82, 2.24) is 31.9 Å². The topological polar surface area (TPSA) is 277 Å². The van der Waals surface area contributed by atoms with E-state index in [0.717, 1.165) is 30.7 Å². The molecule has 0 saturated carbocycles. The highest BCUT2D eigenvalue weighted by Gasteiger charge is 2.30. The molecule has 0 aromatic heterocycles. The highest BCUT2D eigenvalue weighted by Crippen LogP contribution is 2.29. The zero-order valence-electron chi connectivity index (χ0n) is 41.1. The smallest absolute Gasteiger partial charge is 0.407 e. The van der Waals surface area contributed by atoms with Gasteiger partial charge >= 0.3 is 6.09 Å². The maximum atomic E-state index is 12.2. The van der Waals surface area contributed by atoms with Crippen LogP contribution in [0.5, 0.6) is 0 Å². The van der Waals surface area contributed by atoms with Crippen LogP contribution in [0.3, 0.4) is 0 Å². The molecule has 3 amide bonds. The van der Waals surface area contributed by atoms with Gasteiger partial charge in [0, 0.05) is 55.2 Å². The van der Waals surface area contributed by atoms with Crippen molar-refractivity contribution < 1.29 is 71.2 Å². The first-order valence-corrected chi connectivity index (χ1v) is 25.1. The van der Waals surface area contributed by atoms with E-state index in [-0.39, 0.29) is 30.3 Å². The summed E-state index contributed by atoms with van der Waals surface area (Å²) in [5.74, 6) is 0.850. The maximum Gasteiger partial charge on any atom is 0.407 e. The van der Waals surface area contributed by atoms with Gasteiger partial charge in [0.05, 0.1) is 164 Å². The van der Waals surface area contributed by atoms with Crippen molar-refractivity contribution in [2.24, 2.45) is 11.5 Å². The molecule has 2 aliphatic rings. The summed E-state index contributed by atoms with van der Waals surface area (Å²) in [6.07, 6.45) is 5.03. The molecule has 0 radical (unpaired) electrons. The van der Waals surface area contributed by atoms with Crippen molar-refractivity contribution in [3.63, 3.8) is 0 Å². The van der Waals surface area contributed by atoms with Crippen molar-refractivity contribution in [1.29, 1.82) is 0 Å². The molecule has 3 atom stereocenters. The highest BCUT2D eigenvalue weighted by molar-refractivity contribution is 8.00. The summed E-state index contributed by atoms with van der Waals surface area (Å²) in [5.41, 5.74) is 18.6. The largest absolute Gasteiger partial charge is 0.444 e. The van der Waals surface area contributed by atoms with Gasteiger partial charge in [-0.25, -0.2) is 4.79 Å². The van der Waals surface area contributed by atoms with Gasteiger partial charge in [0.15, 0.2) is 0 Å². The van der Waals surface area contributed by atoms with E-state index in [0.29, 0.717) is 183 Å². The van der Waals surface area contributed by atoms with Crippen LogP contribution in [0.4, 0.5) is 4.79 Å². The Morgan fingerprint density at radius 2 is 1.04 bits per heavy atom. The molecule has 0 aromatic rings. The summed E-state index contributed by atoms with van der Waals surface area (Å²) in [6, 6.07) is 0.137. The third-order valence-corrected chi connectivity index (χ3v) is 11.1. The first kappa shape index (κ1) is 61.5. The molecular weight excluding hydrogens is 913 g/mol. The quantitative estimate of drug-likeness (QED) is 0.0390. The number of hydrazine groups is 2. The van der Waals surface area contributed by atoms with Crippen LogP contribution < -0.4 is 38.4 Å². The molecule has 1 fully saturated rings. The number of hydrogen-bond donors (Lipinski definition) is 7. The zero-order chi connectivity index (χ0) is 49.2. The number of nitrogens with one attached hydrogen (secondary N) is 5. The van der Waals surface area contributed by atoms with E-state index in [1.807, 2.05) is 43.7 Å². The highest BCUT2D eigenvalue weighted by atomic mass is 32.2. The van der Waals surface area contributed by atoms with Gasteiger partial charge in [-0.1, -0.05) is 6.42 Å². The van der Waals surface area contributed by atoms with Crippen LogP contribution in [0.25, 0.3) is 0 Å². The average molecular weight is 999 g/mol. The van der Waals surface area contributed by atoms with E-state index in [1.165, 1.54) is 0 Å². The summed E-state index contributed by atoms with van der Waals surface area (Å²) in [7, 11) is 0. The maximum absolute atomic E-state index is 12.2. The number of ether oxygens (including phenoxy) is 12. The summed E-state index contributed by atoms with van der Waals surface area (Å²) in [4.78, 5) is 35.7. The predicted octanol–water partition coefficient (Wildman–Crippen LogP) is -0.187. The Morgan fingerprint density at radius 1 is 0.603 bits per heavy atom. The van der Waals surface area contributed by atoms with Crippen molar-refractivity contribution in [2.75, 3.05) is 177 Å². The Hall–Kier alpha value is -2.66. The van der Waals surface area contributed by atoms with Gasteiger partial charge < -0.3 is 89.7 Å². The molecule has 24 heteroatoms. The number of hydrogen-bond acceptors (Lipinski definition) is 21. The molecule has 398 valence electrons. The molecular formula is C44H86N8O15S. The first-order chi connectivity index (χ1) is 33.0. The molecule has 0 bridgehead atoms. The van der Waals surface area contributed by atoms with E-state index in [4.69, 9.17) is 68.3 Å². The number of carbonyl (C=O) groups is 3. The molecule has 2 aliphatic heterocycles. The number of nitrogens with zero attached hydrogens (tertiary/aromatic N) is 1. The molecule has 23 nitrogen and oxygen atoms in total. The summed E-state index contributed by atoms with van der Waals surface area (Å²) in [5, 5.41) is 10.7. The number of amides is 3. The van der Waals surface area contributed by atoms with Crippen LogP contribution in [0.1, 0.15) is 52.9 Å². The lowest BCUT2D eigenvalue weighted by molar-refractivity contribution is -0.123. The summed E-state index contributed by atoms with van der Waals surface area (Å²) < 4.78 is 65.6. The fourth-order valence-corrected chi connectivity index (χ4v) is 7.38. The van der Waals surface area contributed by atoms with Crippen molar-refractivity contribution in [3.05, 3.63) is 11.9 Å². The van der Waals surface area contributed by atoms with Crippen molar-refractivity contribution in [2.45, 2.75) is 75.8 Å². The number of rotatable bonds is 46. The van der Waals surface area contributed by atoms with Crippen LogP contribution >= 0.6 is 11.8 Å². The monoisotopic (exact) mass is 999 g/mol. The molecule has 68 heavy (non-hydrogen) atoms. The average Bonchev–Trinajstić information content (AvgIpc) is 3.90. The fourth-order valence-electron chi connectivity index (χ4n) is 5.93. The van der Waals surface area contributed by atoms with Gasteiger partial charge in [-0.15, -0.1) is 5.53 Å². The number of thioether (sulfide) groups is 1. The normalized spacial score (nSPS) is 17.0. The van der Waals surface area contributed by atoms with Gasteiger partial charge in [0.25, 0.3) is 0 Å². The number of unbranched alkanes of at least 4 members (excludes halogenated alkanes) is 1. The van der Waals surface area contributed by atoms with Gasteiger partial charge in [0.1, 0.15) is 5.60 Å². The molecule has 0 aliphatic carbocycles. The first-order valence-electron chi connectivity index (χ1n) is 24.0. The van der Waals surface area contributed by atoms with E-state index < -0.39 is 11.7 Å². The number of carbonyl (C=O) groups excluding carboxylic acids is 3.